The topological polar surface area (TPSA) is 66.4 Å². The van der Waals surface area contributed by atoms with E-state index in [4.69, 9.17) is 5.11 Å². The number of aryl methyl sites for hydroxylation is 2. The minimum absolute atomic E-state index is 0.0794. The standard InChI is InChI=1S/C16H23NO3/c1-4-12-5-7-13(8-6-12)9-10-14(18)17-16(2,3)11-15(19)20/h5-8H,4,9-11H2,1-3H3,(H,17,18)(H,19,20). The van der Waals surface area contributed by atoms with Crippen LogP contribution in [0.2, 0.25) is 0 Å². The van der Waals surface area contributed by atoms with Crippen LogP contribution in [0, 0.1) is 0 Å². The first-order valence-electron chi connectivity index (χ1n) is 6.93. The molecule has 0 fully saturated rings. The van der Waals surface area contributed by atoms with Gasteiger partial charge in [-0.1, -0.05) is 31.2 Å². The van der Waals surface area contributed by atoms with Crippen molar-refractivity contribution in [1.29, 1.82) is 0 Å². The molecule has 1 amide bonds. The predicted molar refractivity (Wildman–Crippen MR) is 78.6 cm³/mol. The fourth-order valence-corrected chi connectivity index (χ4v) is 2.06. The van der Waals surface area contributed by atoms with Crippen molar-refractivity contribution in [2.75, 3.05) is 0 Å². The molecule has 4 nitrogen and oxygen atoms in total. The van der Waals surface area contributed by atoms with E-state index in [1.54, 1.807) is 13.8 Å². The van der Waals surface area contributed by atoms with Crippen LogP contribution in [-0.4, -0.2) is 22.5 Å². The van der Waals surface area contributed by atoms with E-state index in [0.29, 0.717) is 12.8 Å². The Bertz CT molecular complexity index is 463. The number of hydrogen-bond donors (Lipinski definition) is 2. The highest BCUT2D eigenvalue weighted by Crippen LogP contribution is 2.10. The lowest BCUT2D eigenvalue weighted by molar-refractivity contribution is -0.138. The Labute approximate surface area is 120 Å². The summed E-state index contributed by atoms with van der Waals surface area (Å²) in [6.07, 6.45) is 1.96. The quantitative estimate of drug-likeness (QED) is 0.805. The van der Waals surface area contributed by atoms with E-state index < -0.39 is 11.5 Å². The van der Waals surface area contributed by atoms with Gasteiger partial charge in [-0.25, -0.2) is 0 Å². The molecule has 0 radical (unpaired) electrons. The number of amides is 1. The second-order valence-corrected chi connectivity index (χ2v) is 5.67. The van der Waals surface area contributed by atoms with Gasteiger partial charge in [0.15, 0.2) is 0 Å². The highest BCUT2D eigenvalue weighted by atomic mass is 16.4. The van der Waals surface area contributed by atoms with Gasteiger partial charge in [-0.2, -0.15) is 0 Å². The molecule has 0 heterocycles. The van der Waals surface area contributed by atoms with Gasteiger partial charge in [0.25, 0.3) is 0 Å². The molecule has 20 heavy (non-hydrogen) atoms. The van der Waals surface area contributed by atoms with Crippen LogP contribution >= 0.6 is 0 Å². The van der Waals surface area contributed by atoms with Crippen LogP contribution in [0.5, 0.6) is 0 Å². The third-order valence-corrected chi connectivity index (χ3v) is 3.14. The first-order valence-corrected chi connectivity index (χ1v) is 6.93. The van der Waals surface area contributed by atoms with Gasteiger partial charge in [-0.05, 0) is 37.8 Å². The number of hydrogen-bond acceptors (Lipinski definition) is 2. The summed E-state index contributed by atoms with van der Waals surface area (Å²) in [7, 11) is 0. The minimum atomic E-state index is -0.912. The molecule has 1 aromatic rings. The van der Waals surface area contributed by atoms with E-state index in [0.717, 1.165) is 12.0 Å². The van der Waals surface area contributed by atoms with Crippen molar-refractivity contribution in [2.45, 2.75) is 52.0 Å². The first-order chi connectivity index (χ1) is 9.32. The molecule has 0 saturated carbocycles. The van der Waals surface area contributed by atoms with Gasteiger partial charge in [0.05, 0.1) is 6.42 Å². The van der Waals surface area contributed by atoms with E-state index in [1.807, 2.05) is 12.1 Å². The summed E-state index contributed by atoms with van der Waals surface area (Å²) in [5.74, 6) is -1.03. The summed E-state index contributed by atoms with van der Waals surface area (Å²) in [6, 6.07) is 8.21. The molecule has 0 spiro atoms. The van der Waals surface area contributed by atoms with Gasteiger partial charge in [-0.15, -0.1) is 0 Å². The molecular weight excluding hydrogens is 254 g/mol. The maximum Gasteiger partial charge on any atom is 0.305 e. The molecule has 4 heteroatoms. The Morgan fingerprint density at radius 1 is 1.15 bits per heavy atom. The zero-order chi connectivity index (χ0) is 15.2. The van der Waals surface area contributed by atoms with Gasteiger partial charge in [-0.3, -0.25) is 9.59 Å². The average Bonchev–Trinajstić information content (AvgIpc) is 2.34. The van der Waals surface area contributed by atoms with Crippen molar-refractivity contribution >= 4 is 11.9 Å². The van der Waals surface area contributed by atoms with Crippen molar-refractivity contribution in [3.63, 3.8) is 0 Å². The van der Waals surface area contributed by atoms with Crippen molar-refractivity contribution in [2.24, 2.45) is 0 Å². The van der Waals surface area contributed by atoms with E-state index in [2.05, 4.69) is 24.4 Å². The second-order valence-electron chi connectivity index (χ2n) is 5.67. The molecule has 110 valence electrons. The minimum Gasteiger partial charge on any atom is -0.481 e. The normalized spacial score (nSPS) is 11.2. The summed E-state index contributed by atoms with van der Waals surface area (Å²) in [5.41, 5.74) is 1.68. The van der Waals surface area contributed by atoms with Gasteiger partial charge < -0.3 is 10.4 Å². The lowest BCUT2D eigenvalue weighted by Gasteiger charge is -2.24. The third kappa shape index (κ3) is 5.87. The van der Waals surface area contributed by atoms with Crippen LogP contribution in [0.3, 0.4) is 0 Å². The van der Waals surface area contributed by atoms with Crippen molar-refractivity contribution in [3.8, 4) is 0 Å². The number of carboxylic acid groups (broad SMARTS) is 1. The van der Waals surface area contributed by atoms with Crippen LogP contribution in [0.1, 0.15) is 44.7 Å². The smallest absolute Gasteiger partial charge is 0.305 e. The zero-order valence-electron chi connectivity index (χ0n) is 12.4. The summed E-state index contributed by atoms with van der Waals surface area (Å²) in [5, 5.41) is 11.5. The molecule has 0 bridgehead atoms. The van der Waals surface area contributed by atoms with E-state index >= 15 is 0 Å². The van der Waals surface area contributed by atoms with Crippen molar-refractivity contribution in [1.82, 2.24) is 5.32 Å². The number of benzene rings is 1. The second kappa shape index (κ2) is 7.08. The number of aliphatic carboxylic acids is 1. The van der Waals surface area contributed by atoms with Crippen LogP contribution in [0.25, 0.3) is 0 Å². The summed E-state index contributed by atoms with van der Waals surface area (Å²) < 4.78 is 0. The molecular formula is C16H23NO3. The van der Waals surface area contributed by atoms with Crippen LogP contribution < -0.4 is 5.32 Å². The number of carboxylic acids is 1. The Morgan fingerprint density at radius 3 is 2.20 bits per heavy atom. The molecule has 1 rings (SSSR count). The van der Waals surface area contributed by atoms with Gasteiger partial charge in [0.2, 0.25) is 5.91 Å². The monoisotopic (exact) mass is 277 g/mol. The third-order valence-electron chi connectivity index (χ3n) is 3.14. The fraction of sp³-hybridized carbons (Fsp3) is 0.500. The van der Waals surface area contributed by atoms with Gasteiger partial charge in [0, 0.05) is 12.0 Å². The lowest BCUT2D eigenvalue weighted by Crippen LogP contribution is -2.45. The predicted octanol–water partition coefficient (Wildman–Crippen LogP) is 2.55. The zero-order valence-corrected chi connectivity index (χ0v) is 12.4. The van der Waals surface area contributed by atoms with Crippen molar-refractivity contribution < 1.29 is 14.7 Å². The Balaban J connectivity index is 2.44. The summed E-state index contributed by atoms with van der Waals surface area (Å²) >= 11 is 0. The van der Waals surface area contributed by atoms with Gasteiger partial charge in [0.1, 0.15) is 0 Å². The largest absolute Gasteiger partial charge is 0.481 e. The Morgan fingerprint density at radius 2 is 1.70 bits per heavy atom. The Kier molecular flexibility index (Phi) is 5.74. The summed E-state index contributed by atoms with van der Waals surface area (Å²) in [4.78, 5) is 22.5. The lowest BCUT2D eigenvalue weighted by atomic mass is 10.00. The molecule has 0 aliphatic heterocycles. The highest BCUT2D eigenvalue weighted by Gasteiger charge is 2.23. The first kappa shape index (κ1) is 16.2. The molecule has 0 aliphatic rings. The molecule has 2 N–H and O–H groups in total. The van der Waals surface area contributed by atoms with E-state index in [1.165, 1.54) is 5.56 Å². The summed E-state index contributed by atoms with van der Waals surface area (Å²) in [6.45, 7) is 5.54. The SMILES string of the molecule is CCc1ccc(CCC(=O)NC(C)(C)CC(=O)O)cc1. The van der Waals surface area contributed by atoms with Crippen LogP contribution in [-0.2, 0) is 22.4 Å². The molecule has 0 saturated heterocycles. The van der Waals surface area contributed by atoms with E-state index in [-0.39, 0.29) is 12.3 Å². The maximum absolute atomic E-state index is 11.8. The van der Waals surface area contributed by atoms with Crippen molar-refractivity contribution in [3.05, 3.63) is 35.4 Å². The van der Waals surface area contributed by atoms with Crippen LogP contribution in [0.4, 0.5) is 0 Å². The molecule has 0 atom stereocenters. The average molecular weight is 277 g/mol. The number of carbonyl (C=O) groups is 2. The molecule has 0 aliphatic carbocycles. The number of rotatable bonds is 7. The molecule has 0 unspecified atom stereocenters. The fourth-order valence-electron chi connectivity index (χ4n) is 2.06. The van der Waals surface area contributed by atoms with Crippen LogP contribution in [0.15, 0.2) is 24.3 Å². The molecule has 0 aromatic heterocycles. The van der Waals surface area contributed by atoms with E-state index in [9.17, 15) is 9.59 Å². The maximum atomic E-state index is 11.8. The highest BCUT2D eigenvalue weighted by molar-refractivity contribution is 5.78. The molecule has 1 aromatic carbocycles. The van der Waals surface area contributed by atoms with Gasteiger partial charge >= 0.3 is 5.97 Å². The Hall–Kier alpha value is -1.84. The number of carbonyl (C=O) groups excluding carboxylic acids is 1. The number of nitrogens with one attached hydrogen (secondary N) is 1.